The maximum absolute atomic E-state index is 12.1. The summed E-state index contributed by atoms with van der Waals surface area (Å²) in [5.41, 5.74) is 1.01. The van der Waals surface area contributed by atoms with Crippen molar-refractivity contribution in [3.63, 3.8) is 0 Å². The number of phenols is 1. The van der Waals surface area contributed by atoms with E-state index in [2.05, 4.69) is 10.3 Å². The minimum Gasteiger partial charge on any atom is -0.506 e. The van der Waals surface area contributed by atoms with E-state index in [4.69, 9.17) is 23.2 Å². The molecule has 1 fully saturated rings. The Bertz CT molecular complexity index is 924. The Hall–Kier alpha value is -2.28. The summed E-state index contributed by atoms with van der Waals surface area (Å²) < 4.78 is 0. The molecular formula is C17H10Cl2N2O3S. The van der Waals surface area contributed by atoms with E-state index in [1.807, 2.05) is 0 Å². The number of thioether (sulfide) groups is 1. The Morgan fingerprint density at radius 1 is 1.16 bits per heavy atom. The summed E-state index contributed by atoms with van der Waals surface area (Å²) >= 11 is 12.7. The van der Waals surface area contributed by atoms with E-state index in [-0.39, 0.29) is 21.8 Å². The van der Waals surface area contributed by atoms with Crippen LogP contribution in [-0.4, -0.2) is 22.1 Å². The van der Waals surface area contributed by atoms with Crippen LogP contribution in [-0.2, 0) is 4.79 Å². The maximum Gasteiger partial charge on any atom is 0.279 e. The van der Waals surface area contributed by atoms with Gasteiger partial charge in [-0.3, -0.25) is 9.59 Å². The number of carbonyl (C=O) groups is 2. The van der Waals surface area contributed by atoms with Crippen LogP contribution in [0, 0.1) is 0 Å². The van der Waals surface area contributed by atoms with Gasteiger partial charge in [-0.15, -0.1) is 0 Å². The number of carbonyl (C=O) groups excluding carboxylic acids is 2. The molecule has 0 radical (unpaired) electrons. The molecule has 8 heteroatoms. The summed E-state index contributed by atoms with van der Waals surface area (Å²) in [7, 11) is 0. The summed E-state index contributed by atoms with van der Waals surface area (Å²) in [5.74, 6) is -0.881. The highest BCUT2D eigenvalue weighted by Crippen LogP contribution is 2.29. The molecule has 25 heavy (non-hydrogen) atoms. The van der Waals surface area contributed by atoms with Crippen molar-refractivity contribution in [2.24, 2.45) is 4.99 Å². The van der Waals surface area contributed by atoms with E-state index in [9.17, 15) is 14.7 Å². The number of nitrogens with one attached hydrogen (secondary N) is 1. The number of nitrogens with zero attached hydrogens (tertiary/aromatic N) is 1. The van der Waals surface area contributed by atoms with Crippen LogP contribution in [0.1, 0.15) is 15.9 Å². The van der Waals surface area contributed by atoms with Gasteiger partial charge in [0.2, 0.25) is 0 Å². The van der Waals surface area contributed by atoms with Crippen molar-refractivity contribution in [3.8, 4) is 5.75 Å². The highest BCUT2D eigenvalue weighted by Gasteiger charge is 2.24. The zero-order valence-electron chi connectivity index (χ0n) is 12.5. The maximum atomic E-state index is 12.1. The van der Waals surface area contributed by atoms with Crippen LogP contribution < -0.4 is 5.32 Å². The summed E-state index contributed by atoms with van der Waals surface area (Å²) in [5, 5.41) is 12.9. The average Bonchev–Trinajstić information content (AvgIpc) is 2.91. The van der Waals surface area contributed by atoms with E-state index in [0.717, 1.165) is 11.8 Å². The lowest BCUT2D eigenvalue weighted by molar-refractivity contribution is -0.115. The second-order valence-electron chi connectivity index (χ2n) is 5.00. The van der Waals surface area contributed by atoms with Crippen molar-refractivity contribution in [2.45, 2.75) is 0 Å². The highest BCUT2D eigenvalue weighted by atomic mass is 35.5. The van der Waals surface area contributed by atoms with Crippen LogP contribution in [0.15, 0.2) is 52.4 Å². The fraction of sp³-hybridized carbons (Fsp3) is 0. The largest absolute Gasteiger partial charge is 0.506 e. The number of hydrogen-bond acceptors (Lipinski definition) is 4. The van der Waals surface area contributed by atoms with Gasteiger partial charge in [0, 0.05) is 10.6 Å². The Kier molecular flexibility index (Phi) is 5.13. The van der Waals surface area contributed by atoms with Gasteiger partial charge in [0.05, 0.1) is 9.93 Å². The van der Waals surface area contributed by atoms with E-state index >= 15 is 0 Å². The molecule has 1 heterocycles. The van der Waals surface area contributed by atoms with Gasteiger partial charge in [0.15, 0.2) is 5.17 Å². The summed E-state index contributed by atoms with van der Waals surface area (Å²) in [6.07, 6.45) is 1.60. The van der Waals surface area contributed by atoms with Gasteiger partial charge in [-0.2, -0.15) is 4.99 Å². The number of halogens is 2. The van der Waals surface area contributed by atoms with Crippen molar-refractivity contribution in [1.29, 1.82) is 0 Å². The van der Waals surface area contributed by atoms with Crippen molar-refractivity contribution < 1.29 is 14.7 Å². The highest BCUT2D eigenvalue weighted by molar-refractivity contribution is 8.18. The molecule has 1 aliphatic rings. The van der Waals surface area contributed by atoms with Crippen LogP contribution in [0.2, 0.25) is 10.0 Å². The molecule has 2 aromatic rings. The molecule has 1 saturated heterocycles. The SMILES string of the molecule is O=C1NC(=NC(=O)c2ccc(Cl)cc2)S/C1=C\c1ccc(O)c(Cl)c1. The first kappa shape index (κ1) is 17.5. The average molecular weight is 393 g/mol. The molecule has 0 saturated carbocycles. The summed E-state index contributed by atoms with van der Waals surface area (Å²) in [4.78, 5) is 28.4. The molecule has 126 valence electrons. The first-order valence-corrected chi connectivity index (χ1v) is 8.57. The fourth-order valence-electron chi connectivity index (χ4n) is 1.99. The van der Waals surface area contributed by atoms with Crippen LogP contribution in [0.25, 0.3) is 6.08 Å². The van der Waals surface area contributed by atoms with Crippen LogP contribution in [0.5, 0.6) is 5.75 Å². The number of amides is 2. The molecule has 2 N–H and O–H groups in total. The third-order valence-electron chi connectivity index (χ3n) is 3.21. The summed E-state index contributed by atoms with van der Waals surface area (Å²) in [6.45, 7) is 0. The van der Waals surface area contributed by atoms with E-state index < -0.39 is 5.91 Å². The van der Waals surface area contributed by atoms with Gasteiger partial charge >= 0.3 is 0 Å². The van der Waals surface area contributed by atoms with Gasteiger partial charge in [-0.1, -0.05) is 29.3 Å². The predicted molar refractivity (Wildman–Crippen MR) is 100 cm³/mol. The lowest BCUT2D eigenvalue weighted by Crippen LogP contribution is -2.20. The van der Waals surface area contributed by atoms with Crippen LogP contribution in [0.3, 0.4) is 0 Å². The predicted octanol–water partition coefficient (Wildman–Crippen LogP) is 4.10. The molecule has 0 spiro atoms. The van der Waals surface area contributed by atoms with E-state index in [0.29, 0.717) is 21.1 Å². The molecule has 0 atom stereocenters. The molecule has 2 aromatic carbocycles. The number of aliphatic imine (C=N–C) groups is 1. The van der Waals surface area contributed by atoms with Gasteiger partial charge in [-0.25, -0.2) is 0 Å². The van der Waals surface area contributed by atoms with Crippen LogP contribution in [0.4, 0.5) is 0 Å². The molecule has 2 amide bonds. The molecule has 3 rings (SSSR count). The Morgan fingerprint density at radius 2 is 1.88 bits per heavy atom. The molecule has 0 aliphatic carbocycles. The second-order valence-corrected chi connectivity index (χ2v) is 6.88. The summed E-state index contributed by atoms with van der Waals surface area (Å²) in [6, 6.07) is 10.9. The third-order valence-corrected chi connectivity index (χ3v) is 4.68. The monoisotopic (exact) mass is 392 g/mol. The van der Waals surface area contributed by atoms with Gasteiger partial charge in [0.1, 0.15) is 5.75 Å². The molecule has 5 nitrogen and oxygen atoms in total. The lowest BCUT2D eigenvalue weighted by atomic mass is 10.2. The topological polar surface area (TPSA) is 78.8 Å². The number of amidine groups is 1. The van der Waals surface area contributed by atoms with Crippen molar-refractivity contribution >= 4 is 58.0 Å². The van der Waals surface area contributed by atoms with Gasteiger partial charge in [0.25, 0.3) is 11.8 Å². The van der Waals surface area contributed by atoms with E-state index in [1.165, 1.54) is 12.1 Å². The van der Waals surface area contributed by atoms with Crippen molar-refractivity contribution in [3.05, 3.63) is 68.5 Å². The lowest BCUT2D eigenvalue weighted by Gasteiger charge is -1.98. The number of phenolic OH excluding ortho intramolecular Hbond substituents is 1. The normalized spacial score (nSPS) is 17.1. The van der Waals surface area contributed by atoms with Crippen LogP contribution >= 0.6 is 35.0 Å². The third kappa shape index (κ3) is 4.22. The molecule has 0 aromatic heterocycles. The molecular weight excluding hydrogens is 383 g/mol. The molecule has 0 bridgehead atoms. The number of aromatic hydroxyl groups is 1. The Labute approximate surface area is 157 Å². The Morgan fingerprint density at radius 3 is 2.56 bits per heavy atom. The zero-order chi connectivity index (χ0) is 18.0. The zero-order valence-corrected chi connectivity index (χ0v) is 14.8. The number of hydrogen-bond donors (Lipinski definition) is 2. The van der Waals surface area contributed by atoms with Gasteiger partial charge < -0.3 is 10.4 Å². The number of benzene rings is 2. The minimum absolute atomic E-state index is 0.0387. The Balaban J connectivity index is 1.79. The fourth-order valence-corrected chi connectivity index (χ4v) is 3.13. The molecule has 1 aliphatic heterocycles. The first-order chi connectivity index (χ1) is 11.9. The van der Waals surface area contributed by atoms with Crippen molar-refractivity contribution in [2.75, 3.05) is 0 Å². The smallest absolute Gasteiger partial charge is 0.279 e. The van der Waals surface area contributed by atoms with Gasteiger partial charge in [-0.05, 0) is 59.8 Å². The van der Waals surface area contributed by atoms with Crippen molar-refractivity contribution in [1.82, 2.24) is 5.32 Å². The second kappa shape index (κ2) is 7.31. The van der Waals surface area contributed by atoms with E-state index in [1.54, 1.807) is 36.4 Å². The first-order valence-electron chi connectivity index (χ1n) is 7.00. The standard InChI is InChI=1S/C17H10Cl2N2O3S/c18-11-4-2-10(3-5-11)15(23)20-17-21-16(24)14(25-17)8-9-1-6-13(22)12(19)7-9/h1-8,22H,(H,20,21,23,24)/b14-8-. The minimum atomic E-state index is -0.478. The molecule has 0 unspecified atom stereocenters. The number of rotatable bonds is 2. The quantitative estimate of drug-likeness (QED) is 0.753.